The van der Waals surface area contributed by atoms with E-state index in [1.54, 1.807) is 17.1 Å². The molecule has 5 rings (SSSR count). The molecule has 0 radical (unpaired) electrons. The van der Waals surface area contributed by atoms with Crippen LogP contribution in [0.5, 0.6) is 11.5 Å². The van der Waals surface area contributed by atoms with Gasteiger partial charge in [0.1, 0.15) is 5.82 Å². The molecule has 0 spiro atoms. The summed E-state index contributed by atoms with van der Waals surface area (Å²) in [5.41, 5.74) is 2.49. The minimum absolute atomic E-state index is 0.0725. The highest BCUT2D eigenvalue weighted by Gasteiger charge is 2.34. The smallest absolute Gasteiger partial charge is 0.257 e. The van der Waals surface area contributed by atoms with E-state index in [-0.39, 0.29) is 31.1 Å². The lowest BCUT2D eigenvalue weighted by Crippen LogP contribution is -2.43. The van der Waals surface area contributed by atoms with E-state index < -0.39 is 0 Å². The van der Waals surface area contributed by atoms with Crippen molar-refractivity contribution < 1.29 is 23.4 Å². The van der Waals surface area contributed by atoms with Crippen LogP contribution in [-0.2, 0) is 9.53 Å². The molecular formula is C22H22FN3O4. The van der Waals surface area contributed by atoms with Gasteiger partial charge < -0.3 is 14.2 Å². The number of hydrazone groups is 1. The van der Waals surface area contributed by atoms with Crippen LogP contribution >= 0.6 is 0 Å². The van der Waals surface area contributed by atoms with Gasteiger partial charge in [-0.2, -0.15) is 5.10 Å². The number of morpholine rings is 1. The quantitative estimate of drug-likeness (QED) is 0.774. The molecule has 0 aliphatic carbocycles. The molecule has 1 amide bonds. The van der Waals surface area contributed by atoms with Crippen molar-refractivity contribution in [1.29, 1.82) is 0 Å². The second-order valence-corrected chi connectivity index (χ2v) is 7.51. The molecule has 7 nitrogen and oxygen atoms in total. The number of ether oxygens (including phenoxy) is 3. The van der Waals surface area contributed by atoms with Gasteiger partial charge in [-0.05, 0) is 35.4 Å². The number of nitrogens with zero attached hydrogens (tertiary/aromatic N) is 3. The van der Waals surface area contributed by atoms with Crippen LogP contribution in [-0.4, -0.2) is 61.2 Å². The molecule has 2 aromatic rings. The van der Waals surface area contributed by atoms with Gasteiger partial charge in [-0.25, -0.2) is 9.40 Å². The van der Waals surface area contributed by atoms with Gasteiger partial charge in [0.25, 0.3) is 5.91 Å². The number of fused-ring (bicyclic) bond motifs is 1. The second-order valence-electron chi connectivity index (χ2n) is 7.51. The van der Waals surface area contributed by atoms with Gasteiger partial charge in [0.05, 0.1) is 31.5 Å². The van der Waals surface area contributed by atoms with Crippen molar-refractivity contribution in [3.05, 3.63) is 59.4 Å². The molecule has 1 atom stereocenters. The van der Waals surface area contributed by atoms with Crippen molar-refractivity contribution in [3.8, 4) is 11.5 Å². The molecule has 0 aromatic heterocycles. The summed E-state index contributed by atoms with van der Waals surface area (Å²) in [5.74, 6) is 0.993. The maximum absolute atomic E-state index is 13.4. The summed E-state index contributed by atoms with van der Waals surface area (Å²) in [6, 6.07) is 11.7. The molecular weight excluding hydrogens is 389 g/mol. The van der Waals surface area contributed by atoms with Crippen molar-refractivity contribution in [1.82, 2.24) is 9.91 Å². The lowest BCUT2D eigenvalue weighted by Gasteiger charge is -2.29. The normalized spacial score (nSPS) is 21.0. The van der Waals surface area contributed by atoms with Crippen LogP contribution in [0.4, 0.5) is 4.39 Å². The number of rotatable bonds is 4. The number of hydrogen-bond donors (Lipinski definition) is 0. The Bertz CT molecular complexity index is 973. The first-order chi connectivity index (χ1) is 14.7. The fraction of sp³-hybridized carbons (Fsp3) is 0.364. The van der Waals surface area contributed by atoms with Crippen molar-refractivity contribution in [3.63, 3.8) is 0 Å². The Kier molecular flexibility index (Phi) is 5.10. The van der Waals surface area contributed by atoms with Crippen LogP contribution in [0.25, 0.3) is 0 Å². The van der Waals surface area contributed by atoms with Crippen LogP contribution in [0, 0.1) is 5.82 Å². The highest BCUT2D eigenvalue weighted by molar-refractivity contribution is 6.03. The third-order valence-corrected chi connectivity index (χ3v) is 5.59. The summed E-state index contributed by atoms with van der Waals surface area (Å²) in [6.45, 7) is 3.18. The Morgan fingerprint density at radius 1 is 1.07 bits per heavy atom. The fourth-order valence-corrected chi connectivity index (χ4v) is 3.96. The topological polar surface area (TPSA) is 63.6 Å². The van der Waals surface area contributed by atoms with E-state index in [2.05, 4.69) is 10.0 Å². The Morgan fingerprint density at radius 3 is 2.63 bits per heavy atom. The molecule has 2 aromatic carbocycles. The van der Waals surface area contributed by atoms with Crippen molar-refractivity contribution >= 4 is 11.6 Å². The molecule has 0 saturated carbocycles. The second kappa shape index (κ2) is 8.04. The molecule has 0 bridgehead atoms. The molecule has 8 heteroatoms. The summed E-state index contributed by atoms with van der Waals surface area (Å²) < 4.78 is 29.7. The zero-order valence-corrected chi connectivity index (χ0v) is 16.4. The average Bonchev–Trinajstić information content (AvgIpc) is 3.42. The van der Waals surface area contributed by atoms with E-state index in [0.29, 0.717) is 31.1 Å². The van der Waals surface area contributed by atoms with Gasteiger partial charge in [-0.15, -0.1) is 0 Å². The standard InChI is InChI=1S/C22H22FN3O4/c23-17-4-1-15(2-5-17)18-12-19(16-3-6-20-21(11-16)30-14-29-20)26(24-18)22(27)13-25-7-9-28-10-8-25/h1-6,11,19H,7-10,12-14H2/t19-/m1/s1. The highest BCUT2D eigenvalue weighted by atomic mass is 19.1. The summed E-state index contributed by atoms with van der Waals surface area (Å²) >= 11 is 0. The predicted octanol–water partition coefficient (Wildman–Crippen LogP) is 2.56. The van der Waals surface area contributed by atoms with E-state index in [4.69, 9.17) is 14.2 Å². The largest absolute Gasteiger partial charge is 0.454 e. The average molecular weight is 411 g/mol. The summed E-state index contributed by atoms with van der Waals surface area (Å²) in [7, 11) is 0. The van der Waals surface area contributed by atoms with Gasteiger partial charge in [-0.1, -0.05) is 18.2 Å². The third kappa shape index (κ3) is 3.76. The molecule has 1 saturated heterocycles. The van der Waals surface area contributed by atoms with Gasteiger partial charge >= 0.3 is 0 Å². The first kappa shape index (κ1) is 19.0. The number of benzene rings is 2. The third-order valence-electron chi connectivity index (χ3n) is 5.59. The van der Waals surface area contributed by atoms with Crippen molar-refractivity contribution in [2.45, 2.75) is 12.5 Å². The number of halogens is 1. The SMILES string of the molecule is O=C(CN1CCOCC1)N1N=C(c2ccc(F)cc2)C[C@@H]1c1ccc2c(c1)OCO2. The first-order valence-electron chi connectivity index (χ1n) is 10.0. The van der Waals surface area contributed by atoms with Gasteiger partial charge in [0, 0.05) is 19.5 Å². The van der Waals surface area contributed by atoms with Crippen LogP contribution in [0.15, 0.2) is 47.6 Å². The van der Waals surface area contributed by atoms with Crippen LogP contribution in [0.1, 0.15) is 23.6 Å². The first-order valence-corrected chi connectivity index (χ1v) is 10.0. The van der Waals surface area contributed by atoms with Crippen LogP contribution in [0.2, 0.25) is 0 Å². The molecule has 3 aliphatic heterocycles. The Morgan fingerprint density at radius 2 is 1.83 bits per heavy atom. The maximum atomic E-state index is 13.4. The lowest BCUT2D eigenvalue weighted by molar-refractivity contribution is -0.135. The van der Waals surface area contributed by atoms with E-state index in [1.165, 1.54) is 12.1 Å². The molecule has 0 N–H and O–H groups in total. The molecule has 3 aliphatic rings. The van der Waals surface area contributed by atoms with Gasteiger partial charge in [0.15, 0.2) is 11.5 Å². The lowest BCUT2D eigenvalue weighted by atomic mass is 9.98. The zero-order valence-electron chi connectivity index (χ0n) is 16.4. The Balaban J connectivity index is 1.43. The van der Waals surface area contributed by atoms with Gasteiger partial charge in [0.2, 0.25) is 6.79 Å². The molecule has 1 fully saturated rings. The van der Waals surface area contributed by atoms with Gasteiger partial charge in [-0.3, -0.25) is 9.69 Å². The molecule has 156 valence electrons. The summed E-state index contributed by atoms with van der Waals surface area (Å²) in [4.78, 5) is 15.3. The zero-order chi connectivity index (χ0) is 20.5. The summed E-state index contributed by atoms with van der Waals surface area (Å²) in [5, 5.41) is 6.21. The molecule has 0 unspecified atom stereocenters. The number of carbonyl (C=O) groups is 1. The van der Waals surface area contributed by atoms with Crippen molar-refractivity contribution in [2.75, 3.05) is 39.6 Å². The van der Waals surface area contributed by atoms with Crippen LogP contribution < -0.4 is 9.47 Å². The number of hydrogen-bond acceptors (Lipinski definition) is 6. The Hall–Kier alpha value is -2.97. The van der Waals surface area contributed by atoms with E-state index in [1.807, 2.05) is 18.2 Å². The Labute approximate surface area is 173 Å². The summed E-state index contributed by atoms with van der Waals surface area (Å²) in [6.07, 6.45) is 0.542. The highest BCUT2D eigenvalue weighted by Crippen LogP contribution is 2.39. The monoisotopic (exact) mass is 411 g/mol. The number of amides is 1. The minimum Gasteiger partial charge on any atom is -0.454 e. The van der Waals surface area contributed by atoms with E-state index in [0.717, 1.165) is 29.9 Å². The minimum atomic E-state index is -0.301. The van der Waals surface area contributed by atoms with Crippen molar-refractivity contribution in [2.24, 2.45) is 5.10 Å². The number of carbonyl (C=O) groups excluding carboxylic acids is 1. The predicted molar refractivity (Wildman–Crippen MR) is 107 cm³/mol. The van der Waals surface area contributed by atoms with Crippen LogP contribution in [0.3, 0.4) is 0 Å². The molecule has 30 heavy (non-hydrogen) atoms. The van der Waals surface area contributed by atoms with E-state index >= 15 is 0 Å². The fourth-order valence-electron chi connectivity index (χ4n) is 3.96. The maximum Gasteiger partial charge on any atom is 0.257 e. The van der Waals surface area contributed by atoms with E-state index in [9.17, 15) is 9.18 Å². The molecule has 3 heterocycles.